The predicted octanol–water partition coefficient (Wildman–Crippen LogP) is 8.19. The van der Waals surface area contributed by atoms with E-state index in [9.17, 15) is 0 Å². The first-order valence-corrected chi connectivity index (χ1v) is 15.5. The van der Waals surface area contributed by atoms with Crippen molar-refractivity contribution in [2.75, 3.05) is 12.4 Å². The molecule has 1 atom stereocenters. The van der Waals surface area contributed by atoms with Gasteiger partial charge in [0.2, 0.25) is 12.0 Å². The fraction of sp³-hybridized carbons (Fsp3) is 0.0500. The molecule has 0 radical (unpaired) electrons. The number of nitrogens with two attached hydrogens (primary N) is 1. The van der Waals surface area contributed by atoms with E-state index in [4.69, 9.17) is 14.4 Å². The van der Waals surface area contributed by atoms with E-state index in [2.05, 4.69) is 124 Å². The van der Waals surface area contributed by atoms with Crippen molar-refractivity contribution >= 4 is 61.1 Å². The van der Waals surface area contributed by atoms with Gasteiger partial charge in [0.15, 0.2) is 11.4 Å². The number of hydrogen-bond acceptors (Lipinski definition) is 4. The lowest BCUT2D eigenvalue weighted by molar-refractivity contribution is -0.586. The van der Waals surface area contributed by atoms with Crippen LogP contribution in [0, 0.1) is 0 Å². The smallest absolute Gasteiger partial charge is 0.235 e. The molecule has 220 valence electrons. The number of aromatic nitrogens is 1. The van der Waals surface area contributed by atoms with E-state index in [1.165, 1.54) is 10.8 Å². The second kappa shape index (κ2) is 10.6. The fourth-order valence-electron chi connectivity index (χ4n) is 6.68. The van der Waals surface area contributed by atoms with Gasteiger partial charge in [0.25, 0.3) is 0 Å². The molecule has 8 aromatic rings. The van der Waals surface area contributed by atoms with Gasteiger partial charge in [0.05, 0.1) is 16.6 Å². The monoisotopic (exact) mass is 596 g/mol. The summed E-state index contributed by atoms with van der Waals surface area (Å²) in [5, 5.41) is 9.96. The van der Waals surface area contributed by atoms with E-state index in [0.717, 1.165) is 72.7 Å². The Morgan fingerprint density at radius 1 is 0.652 bits per heavy atom. The van der Waals surface area contributed by atoms with Gasteiger partial charge in [-0.15, -0.1) is 0 Å². The average Bonchev–Trinajstić information content (AvgIpc) is 3.68. The molecule has 0 saturated carbocycles. The summed E-state index contributed by atoms with van der Waals surface area (Å²) >= 11 is 0. The highest BCUT2D eigenvalue weighted by Gasteiger charge is 2.26. The zero-order chi connectivity index (χ0) is 30.6. The van der Waals surface area contributed by atoms with Crippen molar-refractivity contribution in [3.63, 3.8) is 0 Å². The number of hydrogen-bond donors (Lipinski definition) is 2. The largest absolute Gasteiger partial charge is 0.454 e. The first-order valence-electron chi connectivity index (χ1n) is 15.5. The Bertz CT molecular complexity index is 2470. The van der Waals surface area contributed by atoms with Crippen LogP contribution in [0.25, 0.3) is 49.4 Å². The maximum Gasteiger partial charge on any atom is 0.235 e. The summed E-state index contributed by atoms with van der Waals surface area (Å²) in [7, 11) is 1.93. The number of benzene rings is 6. The second-order valence-electron chi connectivity index (χ2n) is 11.6. The highest BCUT2D eigenvalue weighted by molar-refractivity contribution is 6.21. The van der Waals surface area contributed by atoms with E-state index >= 15 is 0 Å². The summed E-state index contributed by atoms with van der Waals surface area (Å²) in [6, 6.07) is 48.6. The number of quaternary nitrogens is 1. The molecular formula is C40H30N5O+. The van der Waals surface area contributed by atoms with Crippen molar-refractivity contribution in [2.45, 2.75) is 6.17 Å². The van der Waals surface area contributed by atoms with Crippen molar-refractivity contribution in [1.29, 1.82) is 0 Å². The summed E-state index contributed by atoms with van der Waals surface area (Å²) < 4.78 is 8.85. The Balaban J connectivity index is 1.19. The van der Waals surface area contributed by atoms with Crippen LogP contribution in [-0.2, 0) is 0 Å². The lowest BCUT2D eigenvalue weighted by Crippen LogP contribution is -2.89. The van der Waals surface area contributed by atoms with Crippen LogP contribution in [0.3, 0.4) is 0 Å². The van der Waals surface area contributed by atoms with Gasteiger partial charge < -0.3 is 14.3 Å². The third-order valence-electron chi connectivity index (χ3n) is 8.98. The summed E-state index contributed by atoms with van der Waals surface area (Å²) in [5.74, 6) is 1.64. The van der Waals surface area contributed by atoms with Gasteiger partial charge in [-0.25, -0.2) is 4.99 Å². The molecule has 6 nitrogen and oxygen atoms in total. The number of amidine groups is 2. The summed E-state index contributed by atoms with van der Waals surface area (Å²) in [6.07, 6.45) is -0.146. The normalized spacial score (nSPS) is 15.0. The SMILES string of the molecule is CNc1ccc(C2N=C(c3ccc(-n4c5ccccc5c5ccc6c7ccccc7oc6c54)cc3)N=C(c3ccccc3)[NH2+]2)cc1. The summed E-state index contributed by atoms with van der Waals surface area (Å²) in [4.78, 5) is 10.2. The first kappa shape index (κ1) is 26.4. The molecule has 2 aromatic heterocycles. The molecule has 46 heavy (non-hydrogen) atoms. The molecule has 6 aromatic carbocycles. The zero-order valence-corrected chi connectivity index (χ0v) is 25.2. The molecule has 3 N–H and O–H groups in total. The number of para-hydroxylation sites is 2. The lowest BCUT2D eigenvalue weighted by Gasteiger charge is -2.19. The minimum atomic E-state index is -0.146. The molecule has 0 aliphatic carbocycles. The third-order valence-corrected chi connectivity index (χ3v) is 8.98. The number of furan rings is 1. The maximum absolute atomic E-state index is 6.53. The molecule has 3 heterocycles. The van der Waals surface area contributed by atoms with E-state index in [1.54, 1.807) is 0 Å². The maximum atomic E-state index is 6.53. The van der Waals surface area contributed by atoms with Crippen LogP contribution in [-0.4, -0.2) is 23.3 Å². The topological polar surface area (TPSA) is 71.4 Å². The molecule has 0 spiro atoms. The van der Waals surface area contributed by atoms with Crippen molar-refractivity contribution in [3.8, 4) is 5.69 Å². The third kappa shape index (κ3) is 4.23. The molecule has 0 saturated heterocycles. The van der Waals surface area contributed by atoms with Gasteiger partial charge in [0, 0.05) is 51.1 Å². The van der Waals surface area contributed by atoms with Crippen LogP contribution in [0.1, 0.15) is 22.9 Å². The molecule has 0 bridgehead atoms. The molecule has 1 unspecified atom stereocenters. The Morgan fingerprint density at radius 2 is 1.37 bits per heavy atom. The van der Waals surface area contributed by atoms with Gasteiger partial charge >= 0.3 is 0 Å². The van der Waals surface area contributed by atoms with Gasteiger partial charge in [-0.2, -0.15) is 4.99 Å². The molecule has 1 aliphatic rings. The number of fused-ring (bicyclic) bond motifs is 7. The minimum Gasteiger partial charge on any atom is -0.454 e. The molecule has 6 heteroatoms. The van der Waals surface area contributed by atoms with Gasteiger partial charge in [-0.3, -0.25) is 5.32 Å². The molecule has 9 rings (SSSR count). The summed E-state index contributed by atoms with van der Waals surface area (Å²) in [5.41, 5.74) is 9.29. The van der Waals surface area contributed by atoms with Crippen molar-refractivity contribution in [3.05, 3.63) is 156 Å². The number of rotatable bonds is 5. The number of nitrogens with zero attached hydrogens (tertiary/aromatic N) is 3. The van der Waals surface area contributed by atoms with E-state index in [0.29, 0.717) is 0 Å². The molecule has 0 fully saturated rings. The van der Waals surface area contributed by atoms with Crippen molar-refractivity contribution in [2.24, 2.45) is 9.98 Å². The van der Waals surface area contributed by atoms with Crippen LogP contribution < -0.4 is 10.6 Å². The highest BCUT2D eigenvalue weighted by Crippen LogP contribution is 2.40. The van der Waals surface area contributed by atoms with Gasteiger partial charge in [0.1, 0.15) is 5.58 Å². The highest BCUT2D eigenvalue weighted by atomic mass is 16.3. The fourth-order valence-corrected chi connectivity index (χ4v) is 6.68. The number of aliphatic imine (C=N–C) groups is 2. The van der Waals surface area contributed by atoms with Gasteiger partial charge in [-0.05, 0) is 78.9 Å². The Morgan fingerprint density at radius 3 is 2.17 bits per heavy atom. The van der Waals surface area contributed by atoms with E-state index in [-0.39, 0.29) is 6.17 Å². The van der Waals surface area contributed by atoms with Crippen LogP contribution >= 0.6 is 0 Å². The summed E-state index contributed by atoms with van der Waals surface area (Å²) in [6.45, 7) is 0. The van der Waals surface area contributed by atoms with Crippen LogP contribution in [0.2, 0.25) is 0 Å². The quantitative estimate of drug-likeness (QED) is 0.210. The van der Waals surface area contributed by atoms with Crippen LogP contribution in [0.15, 0.2) is 154 Å². The van der Waals surface area contributed by atoms with Crippen molar-refractivity contribution < 1.29 is 9.73 Å². The Hall–Kier alpha value is -5.98. The Labute approximate surface area is 265 Å². The van der Waals surface area contributed by atoms with E-state index < -0.39 is 0 Å². The number of nitrogens with one attached hydrogen (secondary N) is 1. The minimum absolute atomic E-state index is 0.146. The molecule has 0 amide bonds. The van der Waals surface area contributed by atoms with Crippen molar-refractivity contribution in [1.82, 2.24) is 4.57 Å². The van der Waals surface area contributed by atoms with E-state index in [1.807, 2.05) is 37.4 Å². The predicted molar refractivity (Wildman–Crippen MR) is 188 cm³/mol. The van der Waals surface area contributed by atoms with Gasteiger partial charge in [-0.1, -0.05) is 60.7 Å². The average molecular weight is 597 g/mol. The number of anilines is 1. The first-order chi connectivity index (χ1) is 22.7. The Kier molecular flexibility index (Phi) is 6.08. The standard InChI is InChI=1S/C40H29N5O/c1-41-28-19-15-26(16-20-28)39-42-38(25-9-3-2-4-10-25)43-40(44-39)27-17-21-29(22-18-27)45-34-13-7-5-11-30(34)32-23-24-33-31-12-6-8-14-35(31)46-37(33)36(32)45/h2-24,39,41H,1H3,(H,42,43,44)/p+1. The molecular weight excluding hydrogens is 566 g/mol. The van der Waals surface area contributed by atoms with Crippen LogP contribution in [0.5, 0.6) is 0 Å². The zero-order valence-electron chi connectivity index (χ0n) is 25.2. The van der Waals surface area contributed by atoms with Crippen LogP contribution in [0.4, 0.5) is 5.69 Å². The molecule has 1 aliphatic heterocycles. The lowest BCUT2D eigenvalue weighted by atomic mass is 10.1. The second-order valence-corrected chi connectivity index (χ2v) is 11.6.